The highest BCUT2D eigenvalue weighted by atomic mass is 79.9. The van der Waals surface area contributed by atoms with E-state index < -0.39 is 0 Å². The van der Waals surface area contributed by atoms with Crippen molar-refractivity contribution in [3.05, 3.63) is 48.5 Å². The first-order valence-corrected chi connectivity index (χ1v) is 8.71. The van der Waals surface area contributed by atoms with Gasteiger partial charge in [0.15, 0.2) is 0 Å². The second-order valence-corrected chi connectivity index (χ2v) is 7.92. The predicted octanol–water partition coefficient (Wildman–Crippen LogP) is 5.09. The van der Waals surface area contributed by atoms with Crippen molar-refractivity contribution in [3.63, 3.8) is 0 Å². The third kappa shape index (κ3) is 3.64. The summed E-state index contributed by atoms with van der Waals surface area (Å²) in [6.45, 7) is 2.12. The molecule has 0 saturated carbocycles. The summed E-state index contributed by atoms with van der Waals surface area (Å²) in [5, 5.41) is 3.40. The Labute approximate surface area is 140 Å². The SMILES string of the molecule is CNC(Cc1cc(Br)ccc1OC)c1cc(C)c(Br)s1. The van der Waals surface area contributed by atoms with Gasteiger partial charge in [0.1, 0.15) is 5.75 Å². The van der Waals surface area contributed by atoms with Crippen LogP contribution in [-0.4, -0.2) is 14.2 Å². The topological polar surface area (TPSA) is 21.3 Å². The summed E-state index contributed by atoms with van der Waals surface area (Å²) < 4.78 is 7.73. The van der Waals surface area contributed by atoms with E-state index in [0.29, 0.717) is 0 Å². The summed E-state index contributed by atoms with van der Waals surface area (Å²) in [6, 6.07) is 8.65. The maximum absolute atomic E-state index is 5.46. The smallest absolute Gasteiger partial charge is 0.122 e. The lowest BCUT2D eigenvalue weighted by molar-refractivity contribution is 0.406. The standard InChI is InChI=1S/C15H17Br2NOS/c1-9-6-14(20-15(9)17)12(18-2)8-10-7-11(16)4-5-13(10)19-3/h4-7,12,18H,8H2,1-3H3. The van der Waals surface area contributed by atoms with Gasteiger partial charge >= 0.3 is 0 Å². The van der Waals surface area contributed by atoms with Gasteiger partial charge in [0.2, 0.25) is 0 Å². The Balaban J connectivity index is 2.28. The molecule has 0 bridgehead atoms. The Hall–Kier alpha value is -0.360. The van der Waals surface area contributed by atoms with Crippen molar-refractivity contribution >= 4 is 43.2 Å². The van der Waals surface area contributed by atoms with Crippen molar-refractivity contribution in [1.82, 2.24) is 5.32 Å². The van der Waals surface area contributed by atoms with E-state index in [9.17, 15) is 0 Å². The highest BCUT2D eigenvalue weighted by molar-refractivity contribution is 9.11. The molecule has 0 aliphatic carbocycles. The van der Waals surface area contributed by atoms with Gasteiger partial charge in [-0.15, -0.1) is 11.3 Å². The largest absolute Gasteiger partial charge is 0.496 e. The van der Waals surface area contributed by atoms with E-state index in [1.807, 2.05) is 19.2 Å². The van der Waals surface area contributed by atoms with E-state index in [1.165, 1.54) is 19.8 Å². The number of hydrogen-bond acceptors (Lipinski definition) is 3. The van der Waals surface area contributed by atoms with Crippen LogP contribution in [0.2, 0.25) is 0 Å². The molecule has 20 heavy (non-hydrogen) atoms. The molecule has 108 valence electrons. The van der Waals surface area contributed by atoms with Crippen LogP contribution in [-0.2, 0) is 6.42 Å². The van der Waals surface area contributed by atoms with Crippen molar-refractivity contribution in [2.24, 2.45) is 0 Å². The summed E-state index contributed by atoms with van der Waals surface area (Å²) in [5.41, 5.74) is 2.48. The first kappa shape index (κ1) is 16.0. The minimum Gasteiger partial charge on any atom is -0.496 e. The predicted molar refractivity (Wildman–Crippen MR) is 93.0 cm³/mol. The minimum absolute atomic E-state index is 0.285. The quantitative estimate of drug-likeness (QED) is 0.729. The maximum atomic E-state index is 5.46. The zero-order valence-electron chi connectivity index (χ0n) is 11.7. The molecule has 1 N–H and O–H groups in total. The molecule has 0 amide bonds. The Morgan fingerprint density at radius 1 is 1.30 bits per heavy atom. The summed E-state index contributed by atoms with van der Waals surface area (Å²) >= 11 is 8.91. The first-order chi connectivity index (χ1) is 9.55. The Morgan fingerprint density at radius 2 is 2.05 bits per heavy atom. The van der Waals surface area contributed by atoms with E-state index in [4.69, 9.17) is 4.74 Å². The van der Waals surface area contributed by atoms with Gasteiger partial charge in [0.25, 0.3) is 0 Å². The van der Waals surface area contributed by atoms with Crippen molar-refractivity contribution in [3.8, 4) is 5.75 Å². The summed E-state index contributed by atoms with van der Waals surface area (Å²) in [6.07, 6.45) is 0.894. The Kier molecular flexibility index (Phi) is 5.66. The molecule has 0 saturated heterocycles. The van der Waals surface area contributed by atoms with Crippen molar-refractivity contribution in [2.45, 2.75) is 19.4 Å². The molecular weight excluding hydrogens is 402 g/mol. The van der Waals surface area contributed by atoms with Crippen molar-refractivity contribution in [2.75, 3.05) is 14.2 Å². The van der Waals surface area contributed by atoms with Gasteiger partial charge in [-0.05, 0) is 71.7 Å². The van der Waals surface area contributed by atoms with Crippen LogP contribution in [0.1, 0.15) is 22.0 Å². The van der Waals surface area contributed by atoms with Gasteiger partial charge in [-0.25, -0.2) is 0 Å². The number of rotatable bonds is 5. The van der Waals surface area contributed by atoms with E-state index in [2.05, 4.69) is 56.2 Å². The number of methoxy groups -OCH3 is 1. The van der Waals surface area contributed by atoms with Crippen LogP contribution < -0.4 is 10.1 Å². The summed E-state index contributed by atoms with van der Waals surface area (Å²) in [4.78, 5) is 1.33. The van der Waals surface area contributed by atoms with E-state index >= 15 is 0 Å². The van der Waals surface area contributed by atoms with E-state index in [1.54, 1.807) is 18.4 Å². The third-order valence-corrected chi connectivity index (χ3v) is 5.98. The number of ether oxygens (including phenoxy) is 1. The number of nitrogens with one attached hydrogen (secondary N) is 1. The van der Waals surface area contributed by atoms with Gasteiger partial charge in [-0.1, -0.05) is 15.9 Å². The second-order valence-electron chi connectivity index (χ2n) is 4.61. The summed E-state index contributed by atoms with van der Waals surface area (Å²) in [5.74, 6) is 0.931. The molecule has 0 aliphatic rings. The lowest BCUT2D eigenvalue weighted by Gasteiger charge is -2.17. The van der Waals surface area contributed by atoms with Gasteiger partial charge in [0, 0.05) is 15.4 Å². The third-order valence-electron chi connectivity index (χ3n) is 3.23. The van der Waals surface area contributed by atoms with Crippen LogP contribution in [0.15, 0.2) is 32.5 Å². The van der Waals surface area contributed by atoms with Gasteiger partial charge in [-0.2, -0.15) is 0 Å². The molecule has 0 fully saturated rings. The molecular formula is C15H17Br2NOS. The fourth-order valence-electron chi connectivity index (χ4n) is 2.13. The highest BCUT2D eigenvalue weighted by Crippen LogP contribution is 2.34. The fourth-order valence-corrected chi connectivity index (χ4v) is 4.22. The van der Waals surface area contributed by atoms with Crippen molar-refractivity contribution < 1.29 is 4.74 Å². The zero-order chi connectivity index (χ0) is 14.7. The number of thiophene rings is 1. The molecule has 1 heterocycles. The average molecular weight is 419 g/mol. The van der Waals surface area contributed by atoms with E-state index in [-0.39, 0.29) is 6.04 Å². The van der Waals surface area contributed by atoms with Crippen LogP contribution in [0.4, 0.5) is 0 Å². The van der Waals surface area contributed by atoms with Crippen LogP contribution in [0, 0.1) is 6.92 Å². The molecule has 0 radical (unpaired) electrons. The van der Waals surface area contributed by atoms with Crippen LogP contribution in [0.5, 0.6) is 5.75 Å². The fraction of sp³-hybridized carbons (Fsp3) is 0.333. The zero-order valence-corrected chi connectivity index (χ0v) is 15.7. The molecule has 2 nitrogen and oxygen atoms in total. The van der Waals surface area contributed by atoms with Crippen LogP contribution in [0.25, 0.3) is 0 Å². The monoisotopic (exact) mass is 417 g/mol. The average Bonchev–Trinajstić information content (AvgIpc) is 2.76. The van der Waals surface area contributed by atoms with E-state index in [0.717, 1.165) is 16.6 Å². The molecule has 2 rings (SSSR count). The van der Waals surface area contributed by atoms with Gasteiger partial charge in [0.05, 0.1) is 10.9 Å². The molecule has 5 heteroatoms. The van der Waals surface area contributed by atoms with Crippen molar-refractivity contribution in [1.29, 1.82) is 0 Å². The first-order valence-electron chi connectivity index (χ1n) is 6.30. The highest BCUT2D eigenvalue weighted by Gasteiger charge is 2.16. The lowest BCUT2D eigenvalue weighted by Crippen LogP contribution is -2.18. The number of likely N-dealkylation sites (N-methyl/N-ethyl adjacent to an activating group) is 1. The molecule has 1 atom stereocenters. The molecule has 1 unspecified atom stereocenters. The minimum atomic E-state index is 0.285. The van der Waals surface area contributed by atoms with Crippen LogP contribution in [0.3, 0.4) is 0 Å². The van der Waals surface area contributed by atoms with Crippen LogP contribution >= 0.6 is 43.2 Å². The molecule has 2 aromatic rings. The summed E-state index contributed by atoms with van der Waals surface area (Å²) in [7, 11) is 3.71. The molecule has 1 aromatic heterocycles. The Morgan fingerprint density at radius 3 is 2.60 bits per heavy atom. The van der Waals surface area contributed by atoms with Gasteiger partial charge < -0.3 is 10.1 Å². The molecule has 0 spiro atoms. The Bertz CT molecular complexity index is 578. The number of benzene rings is 1. The lowest BCUT2D eigenvalue weighted by atomic mass is 10.0. The van der Waals surface area contributed by atoms with Gasteiger partial charge in [-0.3, -0.25) is 0 Å². The second kappa shape index (κ2) is 7.07. The number of aryl methyl sites for hydroxylation is 1. The number of halogens is 2. The number of hydrogen-bond donors (Lipinski definition) is 1. The molecule has 0 aliphatic heterocycles. The maximum Gasteiger partial charge on any atom is 0.122 e. The molecule has 1 aromatic carbocycles. The normalized spacial score (nSPS) is 12.4.